The summed E-state index contributed by atoms with van der Waals surface area (Å²) < 4.78 is 3.09. The Hall–Kier alpha value is -1.87. The second-order valence-electron chi connectivity index (χ2n) is 4.83. The second-order valence-corrected chi connectivity index (χ2v) is 5.69. The molecular weight excluding hydrogens is 312 g/mol. The molecule has 2 aromatic carbocycles. The van der Waals surface area contributed by atoms with Crippen LogP contribution >= 0.6 is 15.9 Å². The number of hydrogen-bond acceptors (Lipinski definition) is 1. The van der Waals surface area contributed by atoms with Crippen LogP contribution < -0.4 is 0 Å². The van der Waals surface area contributed by atoms with Crippen LogP contribution in [0.25, 0.3) is 11.1 Å². The first kappa shape index (κ1) is 13.1. The lowest BCUT2D eigenvalue weighted by Crippen LogP contribution is -2.00. The predicted molar refractivity (Wildman–Crippen MR) is 85.6 cm³/mol. The highest BCUT2D eigenvalue weighted by atomic mass is 79.9. The van der Waals surface area contributed by atoms with Crippen molar-refractivity contribution in [3.05, 3.63) is 76.5 Å². The zero-order valence-electron chi connectivity index (χ0n) is 11.3. The molecule has 0 atom stereocenters. The fraction of sp³-hybridized carbons (Fsp3) is 0.118. The van der Waals surface area contributed by atoms with E-state index in [1.54, 1.807) is 0 Å². The van der Waals surface area contributed by atoms with Gasteiger partial charge in [0.25, 0.3) is 0 Å². The molecule has 0 saturated carbocycles. The minimum atomic E-state index is 0.771. The molecule has 3 aromatic rings. The van der Waals surface area contributed by atoms with Gasteiger partial charge >= 0.3 is 0 Å². The molecule has 100 valence electrons. The molecule has 1 heterocycles. The average molecular weight is 327 g/mol. The molecule has 0 aliphatic heterocycles. The summed E-state index contributed by atoms with van der Waals surface area (Å²) in [4.78, 5) is 0. The Morgan fingerprint density at radius 1 is 1.05 bits per heavy atom. The monoisotopic (exact) mass is 326 g/mol. The normalized spacial score (nSPS) is 10.7. The third-order valence-electron chi connectivity index (χ3n) is 3.38. The SMILES string of the molecule is Cc1ccccc1-c1cnn(Cc2ccccc2Br)c1. The van der Waals surface area contributed by atoms with Gasteiger partial charge in [0, 0.05) is 16.2 Å². The van der Waals surface area contributed by atoms with E-state index in [9.17, 15) is 0 Å². The maximum Gasteiger partial charge on any atom is 0.0670 e. The van der Waals surface area contributed by atoms with Gasteiger partial charge in [-0.2, -0.15) is 5.10 Å². The van der Waals surface area contributed by atoms with Crippen molar-refractivity contribution in [2.45, 2.75) is 13.5 Å². The quantitative estimate of drug-likeness (QED) is 0.683. The molecule has 0 unspecified atom stereocenters. The molecule has 0 bridgehead atoms. The van der Waals surface area contributed by atoms with Gasteiger partial charge in [0.05, 0.1) is 12.7 Å². The first-order valence-corrected chi connectivity index (χ1v) is 7.35. The Morgan fingerprint density at radius 2 is 1.80 bits per heavy atom. The summed E-state index contributed by atoms with van der Waals surface area (Å²) in [6.45, 7) is 2.90. The Kier molecular flexibility index (Phi) is 3.70. The summed E-state index contributed by atoms with van der Waals surface area (Å²) in [6.07, 6.45) is 4.03. The first-order chi connectivity index (χ1) is 9.74. The molecule has 0 spiro atoms. The summed E-state index contributed by atoms with van der Waals surface area (Å²) in [5, 5.41) is 4.47. The van der Waals surface area contributed by atoms with Gasteiger partial charge < -0.3 is 0 Å². The van der Waals surface area contributed by atoms with Crippen LogP contribution in [0.15, 0.2) is 65.4 Å². The van der Waals surface area contributed by atoms with E-state index in [2.05, 4.69) is 70.5 Å². The summed E-state index contributed by atoms with van der Waals surface area (Å²) >= 11 is 3.58. The Bertz CT molecular complexity index is 731. The van der Waals surface area contributed by atoms with E-state index in [1.807, 2.05) is 23.0 Å². The van der Waals surface area contributed by atoms with Gasteiger partial charge in [-0.3, -0.25) is 4.68 Å². The molecule has 0 aliphatic rings. The fourth-order valence-corrected chi connectivity index (χ4v) is 2.70. The highest BCUT2D eigenvalue weighted by molar-refractivity contribution is 9.10. The zero-order valence-corrected chi connectivity index (χ0v) is 12.8. The van der Waals surface area contributed by atoms with Crippen LogP contribution in [0.2, 0.25) is 0 Å². The van der Waals surface area contributed by atoms with Crippen molar-refractivity contribution in [1.82, 2.24) is 9.78 Å². The van der Waals surface area contributed by atoms with Crippen molar-refractivity contribution in [3.63, 3.8) is 0 Å². The van der Waals surface area contributed by atoms with Gasteiger partial charge in [-0.25, -0.2) is 0 Å². The average Bonchev–Trinajstić information content (AvgIpc) is 2.90. The van der Waals surface area contributed by atoms with Crippen LogP contribution in [0.4, 0.5) is 0 Å². The van der Waals surface area contributed by atoms with E-state index in [0.717, 1.165) is 16.6 Å². The van der Waals surface area contributed by atoms with Gasteiger partial charge in [-0.1, -0.05) is 58.4 Å². The summed E-state index contributed by atoms with van der Waals surface area (Å²) in [6, 6.07) is 16.6. The van der Waals surface area contributed by atoms with E-state index in [4.69, 9.17) is 0 Å². The lowest BCUT2D eigenvalue weighted by atomic mass is 10.0. The molecule has 3 heteroatoms. The van der Waals surface area contributed by atoms with Crippen LogP contribution in [0.3, 0.4) is 0 Å². The van der Waals surface area contributed by atoms with Crippen LogP contribution in [-0.4, -0.2) is 9.78 Å². The molecule has 0 saturated heterocycles. The minimum absolute atomic E-state index is 0.771. The summed E-state index contributed by atoms with van der Waals surface area (Å²) in [5.74, 6) is 0. The number of halogens is 1. The molecule has 0 aliphatic carbocycles. The van der Waals surface area contributed by atoms with Crippen molar-refractivity contribution in [2.24, 2.45) is 0 Å². The Morgan fingerprint density at radius 3 is 2.60 bits per heavy atom. The summed E-state index contributed by atoms with van der Waals surface area (Å²) in [7, 11) is 0. The van der Waals surface area contributed by atoms with Crippen LogP contribution in [-0.2, 0) is 6.54 Å². The number of hydrogen-bond donors (Lipinski definition) is 0. The highest BCUT2D eigenvalue weighted by Gasteiger charge is 2.05. The van der Waals surface area contributed by atoms with Gasteiger partial charge in [0.2, 0.25) is 0 Å². The van der Waals surface area contributed by atoms with Crippen LogP contribution in [0, 0.1) is 6.92 Å². The van der Waals surface area contributed by atoms with Crippen molar-refractivity contribution in [1.29, 1.82) is 0 Å². The molecular formula is C17H15BrN2. The lowest BCUT2D eigenvalue weighted by Gasteiger charge is -2.04. The summed E-state index contributed by atoms with van der Waals surface area (Å²) in [5.41, 5.74) is 4.90. The smallest absolute Gasteiger partial charge is 0.0670 e. The van der Waals surface area contributed by atoms with Gasteiger partial charge in [0.1, 0.15) is 0 Å². The maximum atomic E-state index is 4.47. The van der Waals surface area contributed by atoms with Gasteiger partial charge in [-0.15, -0.1) is 0 Å². The standard InChI is InChI=1S/C17H15BrN2/c1-13-6-2-4-8-16(13)15-10-19-20(12-15)11-14-7-3-5-9-17(14)18/h2-10,12H,11H2,1H3. The second kappa shape index (κ2) is 5.63. The van der Waals surface area contributed by atoms with Crippen molar-refractivity contribution < 1.29 is 0 Å². The van der Waals surface area contributed by atoms with E-state index < -0.39 is 0 Å². The molecule has 0 fully saturated rings. The molecule has 20 heavy (non-hydrogen) atoms. The zero-order chi connectivity index (χ0) is 13.9. The van der Waals surface area contributed by atoms with Crippen LogP contribution in [0.5, 0.6) is 0 Å². The number of rotatable bonds is 3. The molecule has 0 radical (unpaired) electrons. The Balaban J connectivity index is 1.88. The number of aromatic nitrogens is 2. The third-order valence-corrected chi connectivity index (χ3v) is 4.15. The lowest BCUT2D eigenvalue weighted by molar-refractivity contribution is 0.685. The predicted octanol–water partition coefficient (Wildman–Crippen LogP) is 4.67. The molecule has 2 nitrogen and oxygen atoms in total. The van der Waals surface area contributed by atoms with Crippen molar-refractivity contribution >= 4 is 15.9 Å². The molecule has 0 N–H and O–H groups in total. The highest BCUT2D eigenvalue weighted by Crippen LogP contribution is 2.23. The van der Waals surface area contributed by atoms with E-state index in [-0.39, 0.29) is 0 Å². The number of aryl methyl sites for hydroxylation is 1. The first-order valence-electron chi connectivity index (χ1n) is 6.56. The Labute approximate surface area is 127 Å². The van der Waals surface area contributed by atoms with Crippen LogP contribution in [0.1, 0.15) is 11.1 Å². The number of benzene rings is 2. The van der Waals surface area contributed by atoms with Gasteiger partial charge in [0.15, 0.2) is 0 Å². The molecule has 1 aromatic heterocycles. The molecule has 3 rings (SSSR count). The fourth-order valence-electron chi connectivity index (χ4n) is 2.29. The van der Waals surface area contributed by atoms with Gasteiger partial charge in [-0.05, 0) is 29.7 Å². The largest absolute Gasteiger partial charge is 0.268 e. The van der Waals surface area contributed by atoms with Crippen molar-refractivity contribution in [3.8, 4) is 11.1 Å². The maximum absolute atomic E-state index is 4.47. The minimum Gasteiger partial charge on any atom is -0.268 e. The molecule has 0 amide bonds. The topological polar surface area (TPSA) is 17.8 Å². The van der Waals surface area contributed by atoms with E-state index in [0.29, 0.717) is 0 Å². The third kappa shape index (κ3) is 2.68. The van der Waals surface area contributed by atoms with E-state index >= 15 is 0 Å². The number of nitrogens with zero attached hydrogens (tertiary/aromatic N) is 2. The van der Waals surface area contributed by atoms with E-state index in [1.165, 1.54) is 16.7 Å². The van der Waals surface area contributed by atoms with Crippen molar-refractivity contribution in [2.75, 3.05) is 0 Å².